The average molecular weight is 349 g/mol. The molecule has 0 unspecified atom stereocenters. The van der Waals surface area contributed by atoms with Crippen molar-refractivity contribution < 1.29 is 9.18 Å². The summed E-state index contributed by atoms with van der Waals surface area (Å²) in [6, 6.07) is 9.82. The van der Waals surface area contributed by atoms with E-state index in [0.29, 0.717) is 31.3 Å². The van der Waals surface area contributed by atoms with Crippen LogP contribution in [0, 0.1) is 5.82 Å². The van der Waals surface area contributed by atoms with Crippen LogP contribution in [0.25, 0.3) is 0 Å². The lowest BCUT2D eigenvalue weighted by Gasteiger charge is -2.36. The molecule has 0 aliphatic carbocycles. The maximum Gasteiger partial charge on any atom is 0.264 e. The molecule has 1 aromatic heterocycles. The summed E-state index contributed by atoms with van der Waals surface area (Å²) in [5, 5.41) is 5.60. The number of rotatable bonds is 2. The van der Waals surface area contributed by atoms with Gasteiger partial charge >= 0.3 is 0 Å². The number of carbonyl (C=O) groups is 1. The van der Waals surface area contributed by atoms with Gasteiger partial charge in [-0.25, -0.2) is 4.39 Å². The highest BCUT2D eigenvalue weighted by Gasteiger charge is 2.23. The van der Waals surface area contributed by atoms with Gasteiger partial charge in [0.15, 0.2) is 5.11 Å². The Kier molecular flexibility index (Phi) is 4.88. The van der Waals surface area contributed by atoms with Gasteiger partial charge in [0.05, 0.1) is 4.88 Å². The van der Waals surface area contributed by atoms with Crippen molar-refractivity contribution in [1.82, 2.24) is 9.80 Å². The van der Waals surface area contributed by atoms with E-state index < -0.39 is 0 Å². The number of carbonyl (C=O) groups excluding carboxylic acids is 1. The Labute approximate surface area is 143 Å². The zero-order valence-electron chi connectivity index (χ0n) is 12.4. The smallest absolute Gasteiger partial charge is 0.264 e. The molecule has 2 heterocycles. The van der Waals surface area contributed by atoms with Gasteiger partial charge in [-0.05, 0) is 47.9 Å². The molecule has 1 saturated heterocycles. The van der Waals surface area contributed by atoms with Crippen LogP contribution in [0.4, 0.5) is 10.1 Å². The molecule has 120 valence electrons. The van der Waals surface area contributed by atoms with Gasteiger partial charge in [-0.1, -0.05) is 6.07 Å². The Morgan fingerprint density at radius 3 is 2.35 bits per heavy atom. The Morgan fingerprint density at radius 2 is 1.74 bits per heavy atom. The normalized spacial score (nSPS) is 14.7. The minimum atomic E-state index is -0.276. The van der Waals surface area contributed by atoms with Crippen LogP contribution in [-0.4, -0.2) is 47.0 Å². The molecule has 0 bridgehead atoms. The molecule has 23 heavy (non-hydrogen) atoms. The predicted molar refractivity (Wildman–Crippen MR) is 94.4 cm³/mol. The van der Waals surface area contributed by atoms with Gasteiger partial charge in [-0.15, -0.1) is 11.3 Å². The first-order valence-electron chi connectivity index (χ1n) is 7.28. The second-order valence-electron chi connectivity index (χ2n) is 5.19. The summed E-state index contributed by atoms with van der Waals surface area (Å²) in [6.45, 7) is 2.65. The summed E-state index contributed by atoms with van der Waals surface area (Å²) in [4.78, 5) is 16.9. The number of benzene rings is 1. The minimum Gasteiger partial charge on any atom is -0.345 e. The molecule has 2 aromatic rings. The molecule has 1 aromatic carbocycles. The molecule has 1 fully saturated rings. The quantitative estimate of drug-likeness (QED) is 0.846. The van der Waals surface area contributed by atoms with E-state index in [9.17, 15) is 9.18 Å². The summed E-state index contributed by atoms with van der Waals surface area (Å²) in [7, 11) is 0. The third kappa shape index (κ3) is 3.86. The van der Waals surface area contributed by atoms with Crippen molar-refractivity contribution in [1.29, 1.82) is 0 Å². The van der Waals surface area contributed by atoms with Gasteiger partial charge in [-0.3, -0.25) is 4.79 Å². The molecule has 1 aliphatic heterocycles. The number of hydrogen-bond acceptors (Lipinski definition) is 3. The minimum absolute atomic E-state index is 0.0806. The van der Waals surface area contributed by atoms with Gasteiger partial charge in [0.2, 0.25) is 0 Å². The van der Waals surface area contributed by atoms with E-state index in [-0.39, 0.29) is 11.7 Å². The number of piperazine rings is 1. The molecule has 1 N–H and O–H groups in total. The molecular formula is C16H16FN3OS2. The lowest BCUT2D eigenvalue weighted by molar-refractivity contribution is 0.0698. The second-order valence-corrected chi connectivity index (χ2v) is 6.53. The van der Waals surface area contributed by atoms with E-state index in [1.165, 1.54) is 23.5 Å². The summed E-state index contributed by atoms with van der Waals surface area (Å²) in [6.07, 6.45) is 0. The Morgan fingerprint density at radius 1 is 1.09 bits per heavy atom. The van der Waals surface area contributed by atoms with Crippen LogP contribution in [0.15, 0.2) is 41.8 Å². The van der Waals surface area contributed by atoms with Crippen molar-refractivity contribution in [3.63, 3.8) is 0 Å². The van der Waals surface area contributed by atoms with Crippen molar-refractivity contribution >= 4 is 40.3 Å². The van der Waals surface area contributed by atoms with E-state index in [0.717, 1.165) is 10.6 Å². The topological polar surface area (TPSA) is 35.6 Å². The zero-order chi connectivity index (χ0) is 16.2. The molecular weight excluding hydrogens is 333 g/mol. The summed E-state index contributed by atoms with van der Waals surface area (Å²) in [5.41, 5.74) is 0.758. The molecule has 0 saturated carbocycles. The first-order chi connectivity index (χ1) is 11.1. The standard InChI is InChI=1S/C16H16FN3OS2/c17-12-3-5-13(6-4-12)18-16(22)20-9-7-19(8-10-20)15(21)14-2-1-11-23-14/h1-6,11H,7-10H2,(H,18,22). The van der Waals surface area contributed by atoms with Gasteiger partial charge < -0.3 is 15.1 Å². The number of thiocarbonyl (C=S) groups is 1. The fourth-order valence-corrected chi connectivity index (χ4v) is 3.40. The molecule has 0 atom stereocenters. The average Bonchev–Trinajstić information content (AvgIpc) is 3.11. The molecule has 3 rings (SSSR count). The lowest BCUT2D eigenvalue weighted by Crippen LogP contribution is -2.51. The van der Waals surface area contributed by atoms with E-state index in [2.05, 4.69) is 5.32 Å². The van der Waals surface area contributed by atoms with Crippen molar-refractivity contribution in [2.45, 2.75) is 0 Å². The van der Waals surface area contributed by atoms with Crippen molar-refractivity contribution in [3.05, 3.63) is 52.5 Å². The monoisotopic (exact) mass is 349 g/mol. The number of anilines is 1. The summed E-state index contributed by atoms with van der Waals surface area (Å²) < 4.78 is 12.9. The Bertz CT molecular complexity index is 680. The molecule has 0 radical (unpaired) electrons. The van der Waals surface area contributed by atoms with Crippen LogP contribution in [0.5, 0.6) is 0 Å². The lowest BCUT2D eigenvalue weighted by atomic mass is 10.3. The van der Waals surface area contributed by atoms with E-state index in [4.69, 9.17) is 12.2 Å². The number of nitrogens with zero attached hydrogens (tertiary/aromatic N) is 2. The number of nitrogens with one attached hydrogen (secondary N) is 1. The maximum atomic E-state index is 12.9. The van der Waals surface area contributed by atoms with Crippen molar-refractivity contribution in [3.8, 4) is 0 Å². The van der Waals surface area contributed by atoms with Crippen LogP contribution < -0.4 is 5.32 Å². The van der Waals surface area contributed by atoms with E-state index in [1.54, 1.807) is 12.1 Å². The number of halogens is 1. The van der Waals surface area contributed by atoms with Gasteiger partial charge in [0.25, 0.3) is 5.91 Å². The Hall–Kier alpha value is -1.99. The van der Waals surface area contributed by atoms with Gasteiger partial charge in [0.1, 0.15) is 5.82 Å². The predicted octanol–water partition coefficient (Wildman–Crippen LogP) is 3.04. The highest BCUT2D eigenvalue weighted by Crippen LogP contribution is 2.15. The first kappa shape index (κ1) is 15.9. The number of amides is 1. The first-order valence-corrected chi connectivity index (χ1v) is 8.56. The van der Waals surface area contributed by atoms with Gasteiger partial charge in [0, 0.05) is 31.9 Å². The van der Waals surface area contributed by atoms with Gasteiger partial charge in [-0.2, -0.15) is 0 Å². The van der Waals surface area contributed by atoms with E-state index in [1.807, 2.05) is 27.3 Å². The third-order valence-electron chi connectivity index (χ3n) is 3.68. The Balaban J connectivity index is 1.53. The van der Waals surface area contributed by atoms with Crippen LogP contribution >= 0.6 is 23.6 Å². The van der Waals surface area contributed by atoms with Crippen LogP contribution in [0.1, 0.15) is 9.67 Å². The van der Waals surface area contributed by atoms with Crippen LogP contribution in [0.2, 0.25) is 0 Å². The van der Waals surface area contributed by atoms with Crippen LogP contribution in [-0.2, 0) is 0 Å². The second kappa shape index (κ2) is 7.06. The summed E-state index contributed by atoms with van der Waals surface area (Å²) >= 11 is 6.85. The zero-order valence-corrected chi connectivity index (χ0v) is 14.0. The summed E-state index contributed by atoms with van der Waals surface area (Å²) in [5.74, 6) is -0.195. The molecule has 7 heteroatoms. The molecule has 1 amide bonds. The molecule has 1 aliphatic rings. The fraction of sp³-hybridized carbons (Fsp3) is 0.250. The van der Waals surface area contributed by atoms with E-state index >= 15 is 0 Å². The van der Waals surface area contributed by atoms with Crippen molar-refractivity contribution in [2.75, 3.05) is 31.5 Å². The molecule has 0 spiro atoms. The fourth-order valence-electron chi connectivity index (χ4n) is 2.40. The number of thiophene rings is 1. The van der Waals surface area contributed by atoms with Crippen molar-refractivity contribution in [2.24, 2.45) is 0 Å². The highest BCUT2D eigenvalue weighted by molar-refractivity contribution is 7.80. The van der Waals surface area contributed by atoms with Crippen LogP contribution in [0.3, 0.4) is 0 Å². The SMILES string of the molecule is O=C(c1cccs1)N1CCN(C(=S)Nc2ccc(F)cc2)CC1. The largest absolute Gasteiger partial charge is 0.345 e. The third-order valence-corrected chi connectivity index (χ3v) is 4.90. The molecule has 4 nitrogen and oxygen atoms in total. The highest BCUT2D eigenvalue weighted by atomic mass is 32.1. The maximum absolute atomic E-state index is 12.9. The number of hydrogen-bond donors (Lipinski definition) is 1.